The van der Waals surface area contributed by atoms with Crippen molar-refractivity contribution in [3.05, 3.63) is 24.0 Å². The SMILES string of the molecule is C=Cc1nc(NN)[nH]c1/C=C\CC.CC. The predicted molar refractivity (Wildman–Crippen MR) is 67.2 cm³/mol. The van der Waals surface area contributed by atoms with Gasteiger partial charge in [0.2, 0.25) is 5.95 Å². The van der Waals surface area contributed by atoms with Gasteiger partial charge in [-0.2, -0.15) is 0 Å². The van der Waals surface area contributed by atoms with Gasteiger partial charge in [0.25, 0.3) is 0 Å². The number of hydrazine groups is 1. The van der Waals surface area contributed by atoms with Crippen LogP contribution in [-0.4, -0.2) is 9.97 Å². The Bertz CT molecular complexity index is 312. The maximum Gasteiger partial charge on any atom is 0.215 e. The summed E-state index contributed by atoms with van der Waals surface area (Å²) in [6, 6.07) is 0. The van der Waals surface area contributed by atoms with Crippen molar-refractivity contribution in [2.45, 2.75) is 27.2 Å². The molecule has 0 atom stereocenters. The van der Waals surface area contributed by atoms with Crippen LogP contribution in [0.1, 0.15) is 38.6 Å². The molecule has 1 aromatic rings. The van der Waals surface area contributed by atoms with Crippen LogP contribution in [0.25, 0.3) is 12.2 Å². The highest BCUT2D eigenvalue weighted by Gasteiger charge is 2.02. The lowest BCUT2D eigenvalue weighted by molar-refractivity contribution is 1.19. The molecule has 0 fully saturated rings. The summed E-state index contributed by atoms with van der Waals surface area (Å²) < 4.78 is 0. The van der Waals surface area contributed by atoms with E-state index < -0.39 is 0 Å². The van der Waals surface area contributed by atoms with Gasteiger partial charge in [0, 0.05) is 0 Å². The topological polar surface area (TPSA) is 66.7 Å². The van der Waals surface area contributed by atoms with Crippen molar-refractivity contribution in [3.8, 4) is 0 Å². The first-order valence-electron chi connectivity index (χ1n) is 5.17. The second-order valence-electron chi connectivity index (χ2n) is 2.54. The quantitative estimate of drug-likeness (QED) is 0.526. The van der Waals surface area contributed by atoms with Crippen molar-refractivity contribution >= 4 is 18.1 Å². The number of nitrogen functional groups attached to an aromatic ring is 1. The van der Waals surface area contributed by atoms with E-state index in [-0.39, 0.29) is 0 Å². The number of hydrogen-bond donors (Lipinski definition) is 3. The molecule has 0 aliphatic rings. The third-order valence-electron chi connectivity index (χ3n) is 1.61. The minimum atomic E-state index is 0.547. The highest BCUT2D eigenvalue weighted by Crippen LogP contribution is 2.12. The van der Waals surface area contributed by atoms with Gasteiger partial charge >= 0.3 is 0 Å². The molecule has 0 radical (unpaired) electrons. The van der Waals surface area contributed by atoms with Crippen LogP contribution in [0, 0.1) is 0 Å². The van der Waals surface area contributed by atoms with E-state index in [2.05, 4.69) is 28.9 Å². The van der Waals surface area contributed by atoms with E-state index in [4.69, 9.17) is 5.84 Å². The summed E-state index contributed by atoms with van der Waals surface area (Å²) in [7, 11) is 0. The molecule has 0 aliphatic carbocycles. The van der Waals surface area contributed by atoms with Gasteiger partial charge in [0.15, 0.2) is 0 Å². The zero-order valence-electron chi connectivity index (χ0n) is 9.67. The van der Waals surface area contributed by atoms with Crippen LogP contribution < -0.4 is 11.3 Å². The van der Waals surface area contributed by atoms with E-state index in [1.54, 1.807) is 6.08 Å². The molecule has 0 saturated carbocycles. The zero-order valence-corrected chi connectivity index (χ0v) is 9.67. The molecule has 1 aromatic heterocycles. The van der Waals surface area contributed by atoms with Gasteiger partial charge in [-0.25, -0.2) is 10.8 Å². The van der Waals surface area contributed by atoms with Gasteiger partial charge < -0.3 is 4.98 Å². The third-order valence-corrected chi connectivity index (χ3v) is 1.61. The second kappa shape index (κ2) is 7.82. The molecule has 0 amide bonds. The van der Waals surface area contributed by atoms with Gasteiger partial charge in [0.05, 0.1) is 11.4 Å². The molecule has 0 unspecified atom stereocenters. The summed E-state index contributed by atoms with van der Waals surface area (Å²) >= 11 is 0. The number of allylic oxidation sites excluding steroid dienone is 1. The summed E-state index contributed by atoms with van der Waals surface area (Å²) in [5, 5.41) is 0. The largest absolute Gasteiger partial charge is 0.323 e. The predicted octanol–water partition coefficient (Wildman–Crippen LogP) is 2.79. The van der Waals surface area contributed by atoms with Crippen LogP contribution >= 0.6 is 0 Å². The molecule has 0 aliphatic heterocycles. The molecule has 0 bridgehead atoms. The van der Waals surface area contributed by atoms with Gasteiger partial charge in [-0.15, -0.1) is 0 Å². The number of nitrogens with one attached hydrogen (secondary N) is 2. The number of H-pyrrole nitrogens is 1. The number of rotatable bonds is 4. The first-order valence-corrected chi connectivity index (χ1v) is 5.17. The molecule has 4 nitrogen and oxygen atoms in total. The van der Waals surface area contributed by atoms with Gasteiger partial charge in [-0.3, -0.25) is 5.43 Å². The molecule has 1 heterocycles. The Balaban J connectivity index is 0.000000921. The van der Waals surface area contributed by atoms with E-state index in [9.17, 15) is 0 Å². The maximum atomic E-state index is 5.21. The molecular formula is C11H20N4. The van der Waals surface area contributed by atoms with Crippen LogP contribution in [-0.2, 0) is 0 Å². The first kappa shape index (κ1) is 13.4. The number of hydrogen-bond acceptors (Lipinski definition) is 3. The highest BCUT2D eigenvalue weighted by molar-refractivity contribution is 5.61. The number of aromatic amines is 1. The maximum absolute atomic E-state index is 5.21. The number of nitrogens with two attached hydrogens (primary N) is 1. The average molecular weight is 208 g/mol. The number of aromatic nitrogens is 2. The fraction of sp³-hybridized carbons (Fsp3) is 0.364. The lowest BCUT2D eigenvalue weighted by Gasteiger charge is -1.88. The van der Waals surface area contributed by atoms with Crippen molar-refractivity contribution < 1.29 is 0 Å². The number of imidazole rings is 1. The van der Waals surface area contributed by atoms with E-state index >= 15 is 0 Å². The van der Waals surface area contributed by atoms with Gasteiger partial charge in [0.1, 0.15) is 0 Å². The minimum absolute atomic E-state index is 0.547. The summed E-state index contributed by atoms with van der Waals surface area (Å²) in [6.07, 6.45) is 6.68. The van der Waals surface area contributed by atoms with Crippen LogP contribution in [0.5, 0.6) is 0 Å². The molecule has 0 aromatic carbocycles. The van der Waals surface area contributed by atoms with Crippen LogP contribution in [0.3, 0.4) is 0 Å². The summed E-state index contributed by atoms with van der Waals surface area (Å²) in [4.78, 5) is 7.15. The molecule has 4 N–H and O–H groups in total. The monoisotopic (exact) mass is 208 g/mol. The van der Waals surface area contributed by atoms with Crippen LogP contribution in [0.2, 0.25) is 0 Å². The molecule has 15 heavy (non-hydrogen) atoms. The smallest absolute Gasteiger partial charge is 0.215 e. The van der Waals surface area contributed by atoms with Crippen LogP contribution in [0.4, 0.5) is 5.95 Å². The van der Waals surface area contributed by atoms with Gasteiger partial charge in [-0.1, -0.05) is 33.4 Å². The summed E-state index contributed by atoms with van der Waals surface area (Å²) in [5.41, 5.74) is 4.17. The Morgan fingerprint density at radius 3 is 2.67 bits per heavy atom. The molecule has 0 saturated heterocycles. The molecule has 84 valence electrons. The molecule has 0 spiro atoms. The van der Waals surface area contributed by atoms with Gasteiger partial charge in [-0.05, 0) is 18.6 Å². The number of nitrogens with zero attached hydrogens (tertiary/aromatic N) is 1. The highest BCUT2D eigenvalue weighted by atomic mass is 15.3. The van der Waals surface area contributed by atoms with Crippen molar-refractivity contribution in [2.24, 2.45) is 5.84 Å². The van der Waals surface area contributed by atoms with E-state index in [0.29, 0.717) is 5.95 Å². The van der Waals surface area contributed by atoms with Crippen molar-refractivity contribution in [2.75, 3.05) is 5.43 Å². The Kier molecular flexibility index (Phi) is 7.01. The minimum Gasteiger partial charge on any atom is -0.323 e. The first-order chi connectivity index (χ1) is 7.31. The molecular weight excluding hydrogens is 188 g/mol. The second-order valence-corrected chi connectivity index (χ2v) is 2.54. The Labute approximate surface area is 91.3 Å². The van der Waals surface area contributed by atoms with Crippen molar-refractivity contribution in [1.29, 1.82) is 0 Å². The Hall–Kier alpha value is -1.55. The van der Waals surface area contributed by atoms with E-state index in [0.717, 1.165) is 17.8 Å². The summed E-state index contributed by atoms with van der Waals surface area (Å²) in [6.45, 7) is 9.73. The Morgan fingerprint density at radius 1 is 1.53 bits per heavy atom. The normalized spacial score (nSPS) is 9.60. The molecule has 1 rings (SSSR count). The summed E-state index contributed by atoms with van der Waals surface area (Å²) in [5.74, 6) is 5.76. The van der Waals surface area contributed by atoms with Crippen LogP contribution in [0.15, 0.2) is 12.7 Å². The van der Waals surface area contributed by atoms with E-state index in [1.165, 1.54) is 0 Å². The lowest BCUT2D eigenvalue weighted by atomic mass is 10.3. The Morgan fingerprint density at radius 2 is 2.20 bits per heavy atom. The zero-order chi connectivity index (χ0) is 11.7. The number of anilines is 1. The third kappa shape index (κ3) is 3.99. The standard InChI is InChI=1S/C9H14N4.C2H6/c1-3-5-6-8-7(4-2)11-9(12-8)13-10;1-2/h4-6H,2-3,10H2,1H3,(H2,11,12,13);1-2H3/b6-5-;. The fourth-order valence-electron chi connectivity index (χ4n) is 0.987. The van der Waals surface area contributed by atoms with E-state index in [1.807, 2.05) is 26.0 Å². The molecule has 4 heteroatoms. The van der Waals surface area contributed by atoms with Crippen molar-refractivity contribution in [1.82, 2.24) is 9.97 Å². The average Bonchev–Trinajstić information content (AvgIpc) is 2.71. The van der Waals surface area contributed by atoms with Crippen molar-refractivity contribution in [3.63, 3.8) is 0 Å². The fourth-order valence-corrected chi connectivity index (χ4v) is 0.987. The lowest BCUT2D eigenvalue weighted by Crippen LogP contribution is -2.07.